The molecule has 0 spiro atoms. The van der Waals surface area contributed by atoms with Crippen molar-refractivity contribution in [2.45, 2.75) is 89.5 Å². The first-order valence-corrected chi connectivity index (χ1v) is 13.3. The van der Waals surface area contributed by atoms with Crippen LogP contribution in [0.25, 0.3) is 5.57 Å². The summed E-state index contributed by atoms with van der Waals surface area (Å²) in [6, 6.07) is 5.74. The van der Waals surface area contributed by atoms with E-state index in [1.54, 1.807) is 0 Å². The van der Waals surface area contributed by atoms with Gasteiger partial charge in [0.1, 0.15) is 0 Å². The van der Waals surface area contributed by atoms with Crippen LogP contribution < -0.4 is 0 Å². The van der Waals surface area contributed by atoms with Gasteiger partial charge in [-0.05, 0) is 167 Å². The Bertz CT molecular complexity index is 1480. The first-order valence-electron chi connectivity index (χ1n) is 13.3. The third kappa shape index (κ3) is 4.99. The summed E-state index contributed by atoms with van der Waals surface area (Å²) in [5.41, 5.74) is 15.8. The molecule has 0 saturated heterocycles. The summed E-state index contributed by atoms with van der Waals surface area (Å²) in [5, 5.41) is 10.6. The fourth-order valence-corrected chi connectivity index (χ4v) is 5.52. The van der Waals surface area contributed by atoms with Crippen molar-refractivity contribution in [1.82, 2.24) is 0 Å². The number of carboxylic acids is 1. The fourth-order valence-electron chi connectivity index (χ4n) is 5.52. The lowest BCUT2D eigenvalue weighted by Gasteiger charge is -2.22. The molecular formula is C35H42O3. The van der Waals surface area contributed by atoms with Crippen LogP contribution in [0.2, 0.25) is 0 Å². The number of carbonyl (C=O) groups is 2. The highest BCUT2D eigenvalue weighted by molar-refractivity contribution is 6.26. The molecule has 3 rings (SSSR count). The normalized spacial score (nSPS) is 12.0. The number of hydrogen-bond acceptors (Lipinski definition) is 2. The van der Waals surface area contributed by atoms with Crippen LogP contribution in [-0.2, 0) is 11.2 Å². The van der Waals surface area contributed by atoms with Crippen LogP contribution in [-0.4, -0.2) is 16.9 Å². The molecule has 3 heteroatoms. The van der Waals surface area contributed by atoms with Crippen molar-refractivity contribution in [2.75, 3.05) is 0 Å². The number of aryl methyl sites for hydroxylation is 3. The molecule has 0 aliphatic rings. The third-order valence-electron chi connectivity index (χ3n) is 9.24. The number of Topliss-reactive ketones (excluding diaryl/α,β-unsaturated/α-hetero) is 1. The number of hydrogen-bond donors (Lipinski definition) is 1. The topological polar surface area (TPSA) is 54.4 Å². The Labute approximate surface area is 228 Å². The summed E-state index contributed by atoms with van der Waals surface area (Å²) < 4.78 is 0. The van der Waals surface area contributed by atoms with Crippen LogP contribution in [0.3, 0.4) is 0 Å². The Balaban J connectivity index is 2.46. The molecule has 38 heavy (non-hydrogen) atoms. The van der Waals surface area contributed by atoms with Gasteiger partial charge in [-0.3, -0.25) is 4.79 Å². The van der Waals surface area contributed by atoms with E-state index in [1.807, 2.05) is 59.7 Å². The van der Waals surface area contributed by atoms with E-state index in [0.29, 0.717) is 16.7 Å². The van der Waals surface area contributed by atoms with Gasteiger partial charge in [-0.15, -0.1) is 0 Å². The molecule has 0 radical (unpaired) electrons. The first kappa shape index (κ1) is 29.1. The molecule has 0 amide bonds. The zero-order valence-corrected chi connectivity index (χ0v) is 25.2. The summed E-state index contributed by atoms with van der Waals surface area (Å²) in [7, 11) is 0. The second-order valence-corrected chi connectivity index (χ2v) is 11.1. The van der Waals surface area contributed by atoms with Gasteiger partial charge in [0.15, 0.2) is 5.78 Å². The van der Waals surface area contributed by atoms with E-state index in [4.69, 9.17) is 0 Å². The second-order valence-electron chi connectivity index (χ2n) is 11.1. The molecule has 0 aliphatic heterocycles. The maximum Gasteiger partial charge on any atom is 0.336 e. The largest absolute Gasteiger partial charge is 0.478 e. The Morgan fingerprint density at radius 3 is 1.45 bits per heavy atom. The average molecular weight is 511 g/mol. The monoisotopic (exact) mass is 510 g/mol. The smallest absolute Gasteiger partial charge is 0.336 e. The highest BCUT2D eigenvalue weighted by Crippen LogP contribution is 2.34. The van der Waals surface area contributed by atoms with E-state index < -0.39 is 5.97 Å². The van der Waals surface area contributed by atoms with Gasteiger partial charge in [0.05, 0.1) is 5.57 Å². The molecule has 0 aromatic heterocycles. The summed E-state index contributed by atoms with van der Waals surface area (Å²) in [6.07, 6.45) is 0.261. The maximum absolute atomic E-state index is 14.5. The minimum absolute atomic E-state index is 0.0890. The Morgan fingerprint density at radius 1 is 0.553 bits per heavy atom. The molecule has 0 saturated carbocycles. The van der Waals surface area contributed by atoms with Crippen LogP contribution in [0.4, 0.5) is 0 Å². The van der Waals surface area contributed by atoms with Crippen molar-refractivity contribution < 1.29 is 14.7 Å². The number of carboxylic acid groups (broad SMARTS) is 1. The molecule has 0 heterocycles. The highest BCUT2D eigenvalue weighted by atomic mass is 16.4. The van der Waals surface area contributed by atoms with Crippen molar-refractivity contribution in [3.05, 3.63) is 107 Å². The fraction of sp³-hybridized carbons (Fsp3) is 0.371. The molecule has 3 aromatic rings. The molecule has 0 fully saturated rings. The van der Waals surface area contributed by atoms with Gasteiger partial charge < -0.3 is 5.11 Å². The second kappa shape index (κ2) is 10.7. The molecule has 0 aliphatic carbocycles. The van der Waals surface area contributed by atoms with Gasteiger partial charge in [-0.2, -0.15) is 0 Å². The summed E-state index contributed by atoms with van der Waals surface area (Å²) >= 11 is 0. The SMILES string of the molecule is Cc1cc(/C(C(=O)O)=C(/Cc2c(C)c(C)c(C)c(C)c2C)C(=O)c2cc(C)c(C)c(C)c2C)cc(C)c1C. The van der Waals surface area contributed by atoms with E-state index in [0.717, 1.165) is 55.6 Å². The predicted octanol–water partition coefficient (Wildman–Crippen LogP) is 8.35. The van der Waals surface area contributed by atoms with Crippen LogP contribution in [0, 0.1) is 83.1 Å². The predicted molar refractivity (Wildman–Crippen MR) is 159 cm³/mol. The molecule has 3 aromatic carbocycles. The minimum Gasteiger partial charge on any atom is -0.478 e. The van der Waals surface area contributed by atoms with Crippen LogP contribution >= 0.6 is 0 Å². The highest BCUT2D eigenvalue weighted by Gasteiger charge is 2.28. The van der Waals surface area contributed by atoms with Gasteiger partial charge in [0.25, 0.3) is 0 Å². The molecule has 0 unspecified atom stereocenters. The molecule has 1 N–H and O–H groups in total. The minimum atomic E-state index is -1.08. The Morgan fingerprint density at radius 2 is 0.974 bits per heavy atom. The molecule has 0 atom stereocenters. The van der Waals surface area contributed by atoms with E-state index in [2.05, 4.69) is 41.5 Å². The quantitative estimate of drug-likeness (QED) is 0.268. The molecule has 200 valence electrons. The first-order chi connectivity index (χ1) is 17.6. The maximum atomic E-state index is 14.5. The van der Waals surface area contributed by atoms with E-state index >= 15 is 0 Å². The number of allylic oxidation sites excluding steroid dienone is 1. The summed E-state index contributed by atoms with van der Waals surface area (Å²) in [6.45, 7) is 24.6. The third-order valence-corrected chi connectivity index (χ3v) is 9.24. The van der Waals surface area contributed by atoms with E-state index in [9.17, 15) is 14.7 Å². The van der Waals surface area contributed by atoms with Crippen molar-refractivity contribution in [3.63, 3.8) is 0 Å². The average Bonchev–Trinajstić information content (AvgIpc) is 2.86. The van der Waals surface area contributed by atoms with Crippen molar-refractivity contribution in [3.8, 4) is 0 Å². The molecule has 3 nitrogen and oxygen atoms in total. The standard InChI is InChI=1S/C35H42O3/c1-17-13-29(14-18(2)20(17)4)33(35(37)38)32(16-30-26(10)24(8)23(7)25(9)27(30)11)34(36)31-15-19(3)21(5)22(6)28(31)12/h13-15H,16H2,1-12H3,(H,37,38)/b33-32+. The molecule has 0 bridgehead atoms. The zero-order valence-electron chi connectivity index (χ0n) is 25.2. The molecular weight excluding hydrogens is 468 g/mol. The van der Waals surface area contributed by atoms with Crippen LogP contribution in [0.15, 0.2) is 23.8 Å². The van der Waals surface area contributed by atoms with Crippen LogP contribution in [0.1, 0.15) is 88.2 Å². The van der Waals surface area contributed by atoms with Gasteiger partial charge in [-0.25, -0.2) is 4.79 Å². The Kier molecular flexibility index (Phi) is 8.21. The van der Waals surface area contributed by atoms with Gasteiger partial charge in [-0.1, -0.05) is 12.1 Å². The summed E-state index contributed by atoms with van der Waals surface area (Å²) in [4.78, 5) is 27.5. The van der Waals surface area contributed by atoms with E-state index in [-0.39, 0.29) is 17.8 Å². The lowest BCUT2D eigenvalue weighted by atomic mass is 9.81. The van der Waals surface area contributed by atoms with Gasteiger partial charge in [0, 0.05) is 17.6 Å². The summed E-state index contributed by atoms with van der Waals surface area (Å²) in [5.74, 6) is -1.29. The van der Waals surface area contributed by atoms with Crippen LogP contribution in [0.5, 0.6) is 0 Å². The van der Waals surface area contributed by atoms with Crippen molar-refractivity contribution in [1.29, 1.82) is 0 Å². The lowest BCUT2D eigenvalue weighted by Crippen LogP contribution is -2.17. The van der Waals surface area contributed by atoms with Crippen molar-refractivity contribution >= 4 is 17.3 Å². The van der Waals surface area contributed by atoms with E-state index in [1.165, 1.54) is 16.7 Å². The number of aliphatic carboxylic acids is 1. The number of rotatable bonds is 6. The number of benzene rings is 3. The lowest BCUT2D eigenvalue weighted by molar-refractivity contribution is -0.130. The van der Waals surface area contributed by atoms with Gasteiger partial charge in [0.2, 0.25) is 0 Å². The Hall–Kier alpha value is -3.46. The number of ketones is 1. The van der Waals surface area contributed by atoms with Crippen molar-refractivity contribution in [2.24, 2.45) is 0 Å². The number of carbonyl (C=O) groups excluding carboxylic acids is 1. The van der Waals surface area contributed by atoms with Gasteiger partial charge >= 0.3 is 5.97 Å². The zero-order chi connectivity index (χ0) is 28.8.